The van der Waals surface area contributed by atoms with Crippen molar-refractivity contribution < 1.29 is 19.7 Å². The van der Waals surface area contributed by atoms with E-state index in [1.807, 2.05) is 13.8 Å². The largest absolute Gasteiger partial charge is 0.481 e. The summed E-state index contributed by atoms with van der Waals surface area (Å²) in [6, 6.07) is 0. The van der Waals surface area contributed by atoms with Gasteiger partial charge in [0.25, 0.3) is 0 Å². The molecule has 0 aliphatic rings. The van der Waals surface area contributed by atoms with Crippen molar-refractivity contribution in [2.75, 3.05) is 6.61 Å². The summed E-state index contributed by atoms with van der Waals surface area (Å²) >= 11 is 0. The van der Waals surface area contributed by atoms with E-state index < -0.39 is 11.9 Å². The van der Waals surface area contributed by atoms with Crippen molar-refractivity contribution >= 4 is 5.97 Å². The number of aliphatic carboxylic acids is 1. The van der Waals surface area contributed by atoms with Gasteiger partial charge < -0.3 is 5.11 Å². The molecule has 0 radical (unpaired) electrons. The van der Waals surface area contributed by atoms with Crippen molar-refractivity contribution in [3.8, 4) is 0 Å². The van der Waals surface area contributed by atoms with Crippen LogP contribution in [-0.2, 0) is 14.6 Å². The van der Waals surface area contributed by atoms with E-state index in [1.165, 1.54) is 0 Å². The zero-order chi connectivity index (χ0) is 12.4. The fraction of sp³-hybridized carbons (Fsp3) is 0.917. The van der Waals surface area contributed by atoms with Gasteiger partial charge in [0.15, 0.2) is 0 Å². The van der Waals surface area contributed by atoms with Crippen molar-refractivity contribution in [3.63, 3.8) is 0 Å². The predicted molar refractivity (Wildman–Crippen MR) is 62.1 cm³/mol. The molecule has 0 aromatic rings. The molecule has 0 heterocycles. The Morgan fingerprint density at radius 3 is 2.38 bits per heavy atom. The van der Waals surface area contributed by atoms with Gasteiger partial charge in [-0.2, -0.15) is 0 Å². The van der Waals surface area contributed by atoms with Crippen molar-refractivity contribution in [3.05, 3.63) is 0 Å². The van der Waals surface area contributed by atoms with Crippen molar-refractivity contribution in [1.29, 1.82) is 0 Å². The molecule has 0 bridgehead atoms. The Kier molecular flexibility index (Phi) is 9.24. The number of hydrogen-bond acceptors (Lipinski definition) is 3. The average Bonchev–Trinajstić information content (AvgIpc) is 2.24. The number of carbonyl (C=O) groups is 1. The Morgan fingerprint density at radius 1 is 1.25 bits per heavy atom. The predicted octanol–water partition coefficient (Wildman–Crippen LogP) is 3.01. The second kappa shape index (κ2) is 9.60. The molecule has 0 amide bonds. The third kappa shape index (κ3) is 6.08. The Bertz CT molecular complexity index is 182. The van der Waals surface area contributed by atoms with E-state index in [4.69, 9.17) is 14.9 Å². The van der Waals surface area contributed by atoms with E-state index in [2.05, 4.69) is 6.92 Å². The SMILES string of the molecule is CCCCOOC(CCC)C(CC)C(=O)O. The molecule has 2 atom stereocenters. The summed E-state index contributed by atoms with van der Waals surface area (Å²) in [6.45, 7) is 6.47. The second-order valence-corrected chi connectivity index (χ2v) is 3.95. The van der Waals surface area contributed by atoms with E-state index in [9.17, 15) is 4.79 Å². The first-order valence-corrected chi connectivity index (χ1v) is 6.18. The minimum Gasteiger partial charge on any atom is -0.481 e. The fourth-order valence-electron chi connectivity index (χ4n) is 1.54. The molecule has 4 heteroatoms. The molecule has 4 nitrogen and oxygen atoms in total. The van der Waals surface area contributed by atoms with Crippen LogP contribution in [0.15, 0.2) is 0 Å². The van der Waals surface area contributed by atoms with Crippen molar-refractivity contribution in [2.24, 2.45) is 5.92 Å². The van der Waals surface area contributed by atoms with Crippen LogP contribution in [0.2, 0.25) is 0 Å². The van der Waals surface area contributed by atoms with Crippen LogP contribution in [0.4, 0.5) is 0 Å². The molecule has 0 fully saturated rings. The lowest BCUT2D eigenvalue weighted by Crippen LogP contribution is -2.30. The standard InChI is InChI=1S/C12H24O4/c1-4-7-9-15-16-11(8-5-2)10(6-3)12(13)14/h10-11H,4-9H2,1-3H3,(H,13,14). The molecular formula is C12H24O4. The maximum Gasteiger partial charge on any atom is 0.309 e. The van der Waals surface area contributed by atoms with E-state index in [0.29, 0.717) is 13.0 Å². The molecule has 2 unspecified atom stereocenters. The van der Waals surface area contributed by atoms with Gasteiger partial charge in [0, 0.05) is 0 Å². The third-order valence-corrected chi connectivity index (χ3v) is 2.55. The minimum atomic E-state index is -0.806. The lowest BCUT2D eigenvalue weighted by atomic mass is 9.96. The zero-order valence-corrected chi connectivity index (χ0v) is 10.6. The Labute approximate surface area is 97.9 Å². The van der Waals surface area contributed by atoms with Gasteiger partial charge in [0.05, 0.1) is 12.5 Å². The molecule has 0 aromatic carbocycles. The van der Waals surface area contributed by atoms with Crippen LogP contribution in [-0.4, -0.2) is 23.8 Å². The van der Waals surface area contributed by atoms with E-state index in [-0.39, 0.29) is 6.10 Å². The number of hydrogen-bond donors (Lipinski definition) is 1. The Morgan fingerprint density at radius 2 is 1.94 bits per heavy atom. The number of unbranched alkanes of at least 4 members (excludes halogenated alkanes) is 1. The van der Waals surface area contributed by atoms with Crippen molar-refractivity contribution in [1.82, 2.24) is 0 Å². The monoisotopic (exact) mass is 232 g/mol. The molecule has 0 aliphatic carbocycles. The maximum absolute atomic E-state index is 11.0. The summed E-state index contributed by atoms with van der Waals surface area (Å²) in [6.07, 6.45) is 3.82. The van der Waals surface area contributed by atoms with Gasteiger partial charge in [-0.05, 0) is 19.3 Å². The van der Waals surface area contributed by atoms with Crippen LogP contribution in [0.5, 0.6) is 0 Å². The van der Waals surface area contributed by atoms with Gasteiger partial charge >= 0.3 is 5.97 Å². The van der Waals surface area contributed by atoms with Gasteiger partial charge in [-0.1, -0.05) is 33.6 Å². The summed E-state index contributed by atoms with van der Waals surface area (Å²) in [4.78, 5) is 21.3. The first-order chi connectivity index (χ1) is 7.67. The van der Waals surface area contributed by atoms with Crippen LogP contribution in [0, 0.1) is 5.92 Å². The van der Waals surface area contributed by atoms with Gasteiger partial charge in [-0.15, -0.1) is 0 Å². The summed E-state index contributed by atoms with van der Waals surface area (Å²) in [5.74, 6) is -1.28. The van der Waals surface area contributed by atoms with Crippen LogP contribution < -0.4 is 0 Å². The number of carboxylic acid groups (broad SMARTS) is 1. The maximum atomic E-state index is 11.0. The Hall–Kier alpha value is -0.610. The van der Waals surface area contributed by atoms with Gasteiger partial charge in [0.1, 0.15) is 6.10 Å². The van der Waals surface area contributed by atoms with Crippen LogP contribution in [0.25, 0.3) is 0 Å². The molecule has 0 rings (SSSR count). The highest BCUT2D eigenvalue weighted by atomic mass is 17.2. The minimum absolute atomic E-state index is 0.329. The van der Waals surface area contributed by atoms with E-state index >= 15 is 0 Å². The summed E-state index contributed by atoms with van der Waals surface area (Å²) in [7, 11) is 0. The lowest BCUT2D eigenvalue weighted by Gasteiger charge is -2.21. The van der Waals surface area contributed by atoms with E-state index in [0.717, 1.165) is 25.7 Å². The molecular weight excluding hydrogens is 208 g/mol. The zero-order valence-electron chi connectivity index (χ0n) is 10.6. The quantitative estimate of drug-likeness (QED) is 0.357. The van der Waals surface area contributed by atoms with Crippen LogP contribution in [0.3, 0.4) is 0 Å². The van der Waals surface area contributed by atoms with Gasteiger partial charge in [-0.25, -0.2) is 9.78 Å². The summed E-state index contributed by atoms with van der Waals surface area (Å²) in [5.41, 5.74) is 0. The van der Waals surface area contributed by atoms with Crippen molar-refractivity contribution in [2.45, 2.75) is 59.0 Å². The summed E-state index contributed by atoms with van der Waals surface area (Å²) in [5, 5.41) is 9.04. The smallest absolute Gasteiger partial charge is 0.309 e. The van der Waals surface area contributed by atoms with E-state index in [1.54, 1.807) is 0 Å². The molecule has 96 valence electrons. The lowest BCUT2D eigenvalue weighted by molar-refractivity contribution is -0.333. The second-order valence-electron chi connectivity index (χ2n) is 3.95. The molecule has 0 aromatic heterocycles. The topological polar surface area (TPSA) is 55.8 Å². The first kappa shape index (κ1) is 15.4. The molecule has 0 saturated carbocycles. The molecule has 0 saturated heterocycles. The number of rotatable bonds is 10. The van der Waals surface area contributed by atoms with Gasteiger partial charge in [0.2, 0.25) is 0 Å². The average molecular weight is 232 g/mol. The van der Waals surface area contributed by atoms with Crippen LogP contribution >= 0.6 is 0 Å². The third-order valence-electron chi connectivity index (χ3n) is 2.55. The van der Waals surface area contributed by atoms with Crippen LogP contribution in [0.1, 0.15) is 52.9 Å². The highest BCUT2D eigenvalue weighted by Gasteiger charge is 2.27. The fourth-order valence-corrected chi connectivity index (χ4v) is 1.54. The highest BCUT2D eigenvalue weighted by molar-refractivity contribution is 5.70. The number of carboxylic acids is 1. The molecule has 1 N–H and O–H groups in total. The molecule has 0 aliphatic heterocycles. The summed E-state index contributed by atoms with van der Waals surface area (Å²) < 4.78 is 0. The normalized spacial score (nSPS) is 14.7. The first-order valence-electron chi connectivity index (χ1n) is 6.18. The Balaban J connectivity index is 4.07. The highest BCUT2D eigenvalue weighted by Crippen LogP contribution is 2.18. The van der Waals surface area contributed by atoms with Gasteiger partial charge in [-0.3, -0.25) is 4.79 Å². The molecule has 16 heavy (non-hydrogen) atoms. The molecule has 0 spiro atoms.